The van der Waals surface area contributed by atoms with Gasteiger partial charge in [0.1, 0.15) is 6.34 Å². The molecule has 2 N–H and O–H groups in total. The average molecular weight is 160 g/mol. The van der Waals surface area contributed by atoms with Crippen LogP contribution in [0.25, 0.3) is 0 Å². The molecule has 0 saturated heterocycles. The highest BCUT2D eigenvalue weighted by molar-refractivity contribution is 5.57. The number of rotatable bonds is 1. The number of aliphatic imine (C=N–C) groups is 1. The van der Waals surface area contributed by atoms with Gasteiger partial charge in [-0.05, 0) is 0 Å². The van der Waals surface area contributed by atoms with E-state index in [1.54, 1.807) is 0 Å². The van der Waals surface area contributed by atoms with E-state index in [-0.39, 0.29) is 0 Å². The molecule has 1 unspecified atom stereocenters. The van der Waals surface area contributed by atoms with Crippen molar-refractivity contribution >= 4 is 6.34 Å². The second kappa shape index (κ2) is 2.49. The monoisotopic (exact) mass is 160 g/mol. The summed E-state index contributed by atoms with van der Waals surface area (Å²) >= 11 is 0. The highest BCUT2D eigenvalue weighted by atomic mass is 15.4. The van der Waals surface area contributed by atoms with E-state index in [0.29, 0.717) is 0 Å². The van der Waals surface area contributed by atoms with Crippen LogP contribution in [-0.4, -0.2) is 6.34 Å². The first-order valence-electron chi connectivity index (χ1n) is 3.61. The summed E-state index contributed by atoms with van der Waals surface area (Å²) in [7, 11) is 0. The fourth-order valence-electron chi connectivity index (χ4n) is 1.07. The standard InChI is InChI=1S/C8H8N4/c9-8(10-6-11-12-8)7-4-2-1-3-5-7/h1-6H,9H2. The summed E-state index contributed by atoms with van der Waals surface area (Å²) in [6, 6.07) is 9.46. The van der Waals surface area contributed by atoms with E-state index in [0.717, 1.165) is 5.56 Å². The molecular formula is C8H8N4. The lowest BCUT2D eigenvalue weighted by atomic mass is 10.1. The van der Waals surface area contributed by atoms with Crippen molar-refractivity contribution < 1.29 is 0 Å². The fraction of sp³-hybridized carbons (Fsp3) is 0.125. The first kappa shape index (κ1) is 7.12. The molecule has 1 atom stereocenters. The molecule has 0 amide bonds. The van der Waals surface area contributed by atoms with Crippen LogP contribution in [0.3, 0.4) is 0 Å². The van der Waals surface area contributed by atoms with Crippen LogP contribution in [-0.2, 0) is 5.79 Å². The first-order valence-corrected chi connectivity index (χ1v) is 3.61. The zero-order valence-corrected chi connectivity index (χ0v) is 6.38. The van der Waals surface area contributed by atoms with Crippen LogP contribution in [0.1, 0.15) is 5.56 Å². The fourth-order valence-corrected chi connectivity index (χ4v) is 1.07. The van der Waals surface area contributed by atoms with Gasteiger partial charge in [-0.25, -0.2) is 4.99 Å². The zero-order valence-electron chi connectivity index (χ0n) is 6.38. The van der Waals surface area contributed by atoms with Crippen molar-refractivity contribution in [1.29, 1.82) is 0 Å². The van der Waals surface area contributed by atoms with E-state index < -0.39 is 5.79 Å². The van der Waals surface area contributed by atoms with Crippen molar-refractivity contribution in [3.05, 3.63) is 35.9 Å². The zero-order chi connectivity index (χ0) is 8.44. The topological polar surface area (TPSA) is 63.1 Å². The van der Waals surface area contributed by atoms with Gasteiger partial charge < -0.3 is 0 Å². The summed E-state index contributed by atoms with van der Waals surface area (Å²) in [5.74, 6) is -0.985. The molecule has 12 heavy (non-hydrogen) atoms. The Morgan fingerprint density at radius 3 is 2.50 bits per heavy atom. The Bertz CT molecular complexity index is 316. The quantitative estimate of drug-likeness (QED) is 0.660. The van der Waals surface area contributed by atoms with Gasteiger partial charge >= 0.3 is 0 Å². The molecule has 0 aromatic heterocycles. The molecular weight excluding hydrogens is 152 g/mol. The molecule has 0 bridgehead atoms. The van der Waals surface area contributed by atoms with Crippen LogP contribution in [0.2, 0.25) is 0 Å². The van der Waals surface area contributed by atoms with Crippen LogP contribution < -0.4 is 5.73 Å². The summed E-state index contributed by atoms with van der Waals surface area (Å²) in [5, 5.41) is 7.44. The van der Waals surface area contributed by atoms with E-state index in [1.165, 1.54) is 6.34 Å². The first-order chi connectivity index (χ1) is 5.81. The highest BCUT2D eigenvalue weighted by Gasteiger charge is 2.27. The third-order valence-electron chi connectivity index (χ3n) is 1.72. The van der Waals surface area contributed by atoms with Gasteiger partial charge in [-0.1, -0.05) is 30.3 Å². The number of benzene rings is 1. The summed E-state index contributed by atoms with van der Waals surface area (Å²) in [6.07, 6.45) is 1.37. The van der Waals surface area contributed by atoms with Crippen LogP contribution in [0.4, 0.5) is 0 Å². The van der Waals surface area contributed by atoms with Crippen LogP contribution >= 0.6 is 0 Å². The maximum absolute atomic E-state index is 5.82. The van der Waals surface area contributed by atoms with Gasteiger partial charge in [0.15, 0.2) is 0 Å². The Labute approximate surface area is 69.8 Å². The third-order valence-corrected chi connectivity index (χ3v) is 1.72. The molecule has 0 radical (unpaired) electrons. The van der Waals surface area contributed by atoms with Crippen LogP contribution in [0, 0.1) is 0 Å². The number of azo groups is 1. The lowest BCUT2D eigenvalue weighted by molar-refractivity contribution is 0.494. The van der Waals surface area contributed by atoms with Gasteiger partial charge in [-0.3, -0.25) is 5.73 Å². The van der Waals surface area contributed by atoms with Crippen molar-refractivity contribution in [2.75, 3.05) is 0 Å². The van der Waals surface area contributed by atoms with Gasteiger partial charge in [0.2, 0.25) is 5.79 Å². The summed E-state index contributed by atoms with van der Waals surface area (Å²) in [6.45, 7) is 0. The second-order valence-corrected chi connectivity index (χ2v) is 2.55. The molecule has 0 saturated carbocycles. The van der Waals surface area contributed by atoms with Gasteiger partial charge in [-0.15, -0.1) is 10.2 Å². The van der Waals surface area contributed by atoms with Crippen molar-refractivity contribution in [1.82, 2.24) is 0 Å². The highest BCUT2D eigenvalue weighted by Crippen LogP contribution is 2.23. The number of hydrogen-bond acceptors (Lipinski definition) is 4. The Balaban J connectivity index is 2.43. The number of nitrogens with two attached hydrogens (primary N) is 1. The SMILES string of the molecule is NC1(c2ccccc2)N=CN=N1. The van der Waals surface area contributed by atoms with Crippen LogP contribution in [0.15, 0.2) is 45.6 Å². The lowest BCUT2D eigenvalue weighted by Crippen LogP contribution is -2.29. The maximum atomic E-state index is 5.82. The Kier molecular flexibility index (Phi) is 1.48. The van der Waals surface area contributed by atoms with Crippen molar-refractivity contribution in [3.63, 3.8) is 0 Å². The van der Waals surface area contributed by atoms with Gasteiger partial charge in [0, 0.05) is 5.56 Å². The van der Waals surface area contributed by atoms with E-state index >= 15 is 0 Å². The third kappa shape index (κ3) is 1.02. The number of hydrogen-bond donors (Lipinski definition) is 1. The Hall–Kier alpha value is -1.55. The summed E-state index contributed by atoms with van der Waals surface area (Å²) in [4.78, 5) is 3.96. The van der Waals surface area contributed by atoms with Crippen LogP contribution in [0.5, 0.6) is 0 Å². The maximum Gasteiger partial charge on any atom is 0.249 e. The minimum Gasteiger partial charge on any atom is -0.283 e. The molecule has 1 aliphatic heterocycles. The molecule has 4 heteroatoms. The normalized spacial score (nSPS) is 26.4. The van der Waals surface area contributed by atoms with Crippen molar-refractivity contribution in [2.24, 2.45) is 21.0 Å². The molecule has 0 spiro atoms. The smallest absolute Gasteiger partial charge is 0.249 e. The van der Waals surface area contributed by atoms with Gasteiger partial charge in [0.25, 0.3) is 0 Å². The van der Waals surface area contributed by atoms with Crippen molar-refractivity contribution in [2.45, 2.75) is 5.79 Å². The molecule has 4 nitrogen and oxygen atoms in total. The molecule has 60 valence electrons. The van der Waals surface area contributed by atoms with Gasteiger partial charge in [-0.2, -0.15) is 0 Å². The molecule has 1 heterocycles. The molecule has 0 fully saturated rings. The predicted molar refractivity (Wildman–Crippen MR) is 45.7 cm³/mol. The summed E-state index contributed by atoms with van der Waals surface area (Å²) in [5.41, 5.74) is 6.67. The Morgan fingerprint density at radius 2 is 1.92 bits per heavy atom. The largest absolute Gasteiger partial charge is 0.283 e. The molecule has 1 aromatic rings. The molecule has 1 aromatic carbocycles. The second-order valence-electron chi connectivity index (χ2n) is 2.55. The minimum absolute atomic E-state index is 0.850. The van der Waals surface area contributed by atoms with E-state index in [1.807, 2.05) is 30.3 Å². The molecule has 1 aliphatic rings. The van der Waals surface area contributed by atoms with Crippen molar-refractivity contribution in [3.8, 4) is 0 Å². The molecule has 0 aliphatic carbocycles. The Morgan fingerprint density at radius 1 is 1.17 bits per heavy atom. The van der Waals surface area contributed by atoms with E-state index in [2.05, 4.69) is 15.2 Å². The number of nitrogens with zero attached hydrogens (tertiary/aromatic N) is 3. The van der Waals surface area contributed by atoms with Gasteiger partial charge in [0.05, 0.1) is 0 Å². The van der Waals surface area contributed by atoms with E-state index in [4.69, 9.17) is 5.73 Å². The minimum atomic E-state index is -0.985. The van der Waals surface area contributed by atoms with E-state index in [9.17, 15) is 0 Å². The predicted octanol–water partition coefficient (Wildman–Crippen LogP) is 1.25. The molecule has 2 rings (SSSR count). The lowest BCUT2D eigenvalue weighted by Gasteiger charge is -2.14. The summed E-state index contributed by atoms with van der Waals surface area (Å²) < 4.78 is 0. The average Bonchev–Trinajstić information content (AvgIpc) is 2.55.